The summed E-state index contributed by atoms with van der Waals surface area (Å²) >= 11 is 0. The van der Waals surface area contributed by atoms with E-state index >= 15 is 0 Å². The Morgan fingerprint density at radius 3 is 2.53 bits per heavy atom. The number of unbranched alkanes of at least 4 members (excludes halogenated alkanes) is 4. The highest BCUT2D eigenvalue weighted by atomic mass is 15.3. The van der Waals surface area contributed by atoms with Crippen LogP contribution in [-0.4, -0.2) is 36.1 Å². The topological polar surface area (TPSA) is 15.3 Å². The van der Waals surface area contributed by atoms with E-state index in [1.807, 2.05) is 0 Å². The number of hydrogen-bond acceptors (Lipinski definition) is 2. The van der Waals surface area contributed by atoms with Crippen LogP contribution in [0, 0.1) is 0 Å². The van der Waals surface area contributed by atoms with Crippen molar-refractivity contribution in [3.63, 3.8) is 0 Å². The Balaban J connectivity index is 2.31. The monoisotopic (exact) mass is 240 g/mol. The van der Waals surface area contributed by atoms with E-state index in [-0.39, 0.29) is 0 Å². The van der Waals surface area contributed by atoms with Gasteiger partial charge in [-0.25, -0.2) is 0 Å². The second-order valence-electron chi connectivity index (χ2n) is 5.99. The zero-order chi connectivity index (χ0) is 12.7. The molecule has 0 aromatic rings. The van der Waals surface area contributed by atoms with Gasteiger partial charge in [0.2, 0.25) is 0 Å². The summed E-state index contributed by atoms with van der Waals surface area (Å²) in [4.78, 5) is 2.72. The zero-order valence-corrected chi connectivity index (χ0v) is 12.4. The van der Waals surface area contributed by atoms with Crippen molar-refractivity contribution in [2.24, 2.45) is 0 Å². The Labute approximate surface area is 108 Å². The lowest BCUT2D eigenvalue weighted by atomic mass is 9.92. The molecule has 1 aliphatic rings. The normalized spacial score (nSPS) is 30.7. The molecule has 0 radical (unpaired) electrons. The van der Waals surface area contributed by atoms with Crippen LogP contribution in [-0.2, 0) is 0 Å². The van der Waals surface area contributed by atoms with Gasteiger partial charge in [0.25, 0.3) is 0 Å². The van der Waals surface area contributed by atoms with Gasteiger partial charge in [-0.2, -0.15) is 0 Å². The first-order chi connectivity index (χ1) is 8.12. The Morgan fingerprint density at radius 1 is 1.18 bits per heavy atom. The van der Waals surface area contributed by atoms with Crippen molar-refractivity contribution in [3.05, 3.63) is 0 Å². The SMILES string of the molecule is CCCCCCCN1CC(C)NCC1(C)CC. The van der Waals surface area contributed by atoms with E-state index in [9.17, 15) is 0 Å². The predicted molar refractivity (Wildman–Crippen MR) is 76.5 cm³/mol. The highest BCUT2D eigenvalue weighted by molar-refractivity contribution is 4.93. The lowest BCUT2D eigenvalue weighted by Crippen LogP contribution is -2.62. The number of rotatable bonds is 7. The van der Waals surface area contributed by atoms with Crippen molar-refractivity contribution in [2.75, 3.05) is 19.6 Å². The van der Waals surface area contributed by atoms with E-state index in [4.69, 9.17) is 0 Å². The fourth-order valence-corrected chi connectivity index (χ4v) is 2.74. The largest absolute Gasteiger partial charge is 0.311 e. The van der Waals surface area contributed by atoms with E-state index in [0.717, 1.165) is 6.54 Å². The molecule has 2 nitrogen and oxygen atoms in total. The number of hydrogen-bond donors (Lipinski definition) is 1. The van der Waals surface area contributed by atoms with E-state index in [0.29, 0.717) is 11.6 Å². The lowest BCUT2D eigenvalue weighted by molar-refractivity contribution is 0.0510. The second-order valence-corrected chi connectivity index (χ2v) is 5.99. The van der Waals surface area contributed by atoms with Gasteiger partial charge in [-0.15, -0.1) is 0 Å². The molecule has 0 bridgehead atoms. The highest BCUT2D eigenvalue weighted by Crippen LogP contribution is 2.23. The maximum absolute atomic E-state index is 3.62. The van der Waals surface area contributed by atoms with Gasteiger partial charge in [0.05, 0.1) is 0 Å². The maximum atomic E-state index is 3.62. The highest BCUT2D eigenvalue weighted by Gasteiger charge is 2.34. The van der Waals surface area contributed by atoms with Crippen molar-refractivity contribution < 1.29 is 0 Å². The third kappa shape index (κ3) is 4.59. The molecule has 2 unspecified atom stereocenters. The van der Waals surface area contributed by atoms with Gasteiger partial charge >= 0.3 is 0 Å². The molecular formula is C15H32N2. The molecule has 0 saturated carbocycles. The van der Waals surface area contributed by atoms with Gasteiger partial charge in [-0.3, -0.25) is 4.90 Å². The summed E-state index contributed by atoms with van der Waals surface area (Å²) in [7, 11) is 0. The summed E-state index contributed by atoms with van der Waals surface area (Å²) in [5.41, 5.74) is 0.386. The number of piperazine rings is 1. The quantitative estimate of drug-likeness (QED) is 0.686. The molecule has 0 aromatic heterocycles. The molecule has 2 heteroatoms. The molecule has 2 atom stereocenters. The smallest absolute Gasteiger partial charge is 0.0303 e. The standard InChI is InChI=1S/C15H32N2/c1-5-7-8-9-10-11-17-12-14(3)16-13-15(17,4)6-2/h14,16H,5-13H2,1-4H3. The molecule has 0 aliphatic carbocycles. The first-order valence-electron chi connectivity index (χ1n) is 7.61. The van der Waals surface area contributed by atoms with Crippen LogP contribution in [0.25, 0.3) is 0 Å². The van der Waals surface area contributed by atoms with Gasteiger partial charge in [-0.1, -0.05) is 39.5 Å². The molecule has 1 heterocycles. The van der Waals surface area contributed by atoms with Gasteiger partial charge in [-0.05, 0) is 33.2 Å². The van der Waals surface area contributed by atoms with Crippen molar-refractivity contribution >= 4 is 0 Å². The summed E-state index contributed by atoms with van der Waals surface area (Å²) in [5.74, 6) is 0. The van der Waals surface area contributed by atoms with Gasteiger partial charge in [0, 0.05) is 24.7 Å². The van der Waals surface area contributed by atoms with Crippen molar-refractivity contribution in [2.45, 2.75) is 77.8 Å². The maximum Gasteiger partial charge on any atom is 0.0303 e. The summed E-state index contributed by atoms with van der Waals surface area (Å²) in [6.07, 6.45) is 8.21. The Morgan fingerprint density at radius 2 is 1.88 bits per heavy atom. The summed E-state index contributed by atoms with van der Waals surface area (Å²) < 4.78 is 0. The predicted octanol–water partition coefficient (Wildman–Crippen LogP) is 3.42. The minimum absolute atomic E-state index is 0.386. The lowest BCUT2D eigenvalue weighted by Gasteiger charge is -2.47. The third-order valence-corrected chi connectivity index (χ3v) is 4.38. The molecule has 1 aliphatic heterocycles. The molecule has 1 fully saturated rings. The molecule has 102 valence electrons. The first kappa shape index (κ1) is 15.0. The van der Waals surface area contributed by atoms with Crippen LogP contribution in [0.4, 0.5) is 0 Å². The van der Waals surface area contributed by atoms with Crippen LogP contribution < -0.4 is 5.32 Å². The number of nitrogens with zero attached hydrogens (tertiary/aromatic N) is 1. The Hall–Kier alpha value is -0.0800. The first-order valence-corrected chi connectivity index (χ1v) is 7.61. The van der Waals surface area contributed by atoms with E-state index < -0.39 is 0 Å². The molecule has 0 amide bonds. The minimum Gasteiger partial charge on any atom is -0.311 e. The van der Waals surface area contributed by atoms with Crippen LogP contribution in [0.3, 0.4) is 0 Å². The summed E-state index contributed by atoms with van der Waals surface area (Å²) in [6.45, 7) is 13.0. The second kappa shape index (κ2) is 7.38. The van der Waals surface area contributed by atoms with Crippen molar-refractivity contribution in [1.82, 2.24) is 10.2 Å². The van der Waals surface area contributed by atoms with Crippen LogP contribution >= 0.6 is 0 Å². The molecule has 0 aromatic carbocycles. The number of nitrogens with one attached hydrogen (secondary N) is 1. The van der Waals surface area contributed by atoms with E-state index in [2.05, 4.69) is 37.9 Å². The van der Waals surface area contributed by atoms with Crippen LogP contribution in [0.5, 0.6) is 0 Å². The Bertz CT molecular complexity index is 205. The molecule has 1 rings (SSSR count). The van der Waals surface area contributed by atoms with E-state index in [1.54, 1.807) is 0 Å². The molecule has 0 spiro atoms. The zero-order valence-electron chi connectivity index (χ0n) is 12.4. The third-order valence-electron chi connectivity index (χ3n) is 4.38. The van der Waals surface area contributed by atoms with Crippen LogP contribution in [0.2, 0.25) is 0 Å². The molecule has 17 heavy (non-hydrogen) atoms. The van der Waals surface area contributed by atoms with Crippen molar-refractivity contribution in [1.29, 1.82) is 0 Å². The van der Waals surface area contributed by atoms with Gasteiger partial charge in [0.1, 0.15) is 0 Å². The van der Waals surface area contributed by atoms with E-state index in [1.165, 1.54) is 51.6 Å². The van der Waals surface area contributed by atoms with Gasteiger partial charge in [0.15, 0.2) is 0 Å². The van der Waals surface area contributed by atoms with Crippen LogP contribution in [0.15, 0.2) is 0 Å². The fraction of sp³-hybridized carbons (Fsp3) is 1.00. The van der Waals surface area contributed by atoms with Crippen LogP contribution in [0.1, 0.15) is 66.2 Å². The average molecular weight is 240 g/mol. The Kier molecular flexibility index (Phi) is 6.50. The molecule has 1 N–H and O–H groups in total. The fourth-order valence-electron chi connectivity index (χ4n) is 2.74. The molecular weight excluding hydrogens is 208 g/mol. The summed E-state index contributed by atoms with van der Waals surface area (Å²) in [6, 6.07) is 0.658. The average Bonchev–Trinajstić information content (AvgIpc) is 2.33. The van der Waals surface area contributed by atoms with Gasteiger partial charge < -0.3 is 5.32 Å². The molecule has 1 saturated heterocycles. The summed E-state index contributed by atoms with van der Waals surface area (Å²) in [5, 5.41) is 3.62. The van der Waals surface area contributed by atoms with Crippen molar-refractivity contribution in [3.8, 4) is 0 Å². The minimum atomic E-state index is 0.386.